The van der Waals surface area contributed by atoms with E-state index in [0.717, 1.165) is 0 Å². The van der Waals surface area contributed by atoms with Crippen molar-refractivity contribution in [3.8, 4) is 0 Å². The minimum atomic E-state index is -4.46. The number of rotatable bonds is 3. The maximum absolute atomic E-state index is 9.91. The van der Waals surface area contributed by atoms with Crippen LogP contribution in [0, 0.1) is 0 Å². The Balaban J connectivity index is 0. The SMILES string of the molecule is O=S(=O)([O-])C(O)CCI.[Na+]. The molecule has 0 aliphatic carbocycles. The number of hydrogen-bond acceptors (Lipinski definition) is 4. The summed E-state index contributed by atoms with van der Waals surface area (Å²) in [4.78, 5) is 0. The maximum atomic E-state index is 9.91. The van der Waals surface area contributed by atoms with Crippen molar-refractivity contribution < 1.29 is 47.6 Å². The Morgan fingerprint density at radius 1 is 1.60 bits per heavy atom. The number of alkyl halides is 1. The summed E-state index contributed by atoms with van der Waals surface area (Å²) in [6.07, 6.45) is 0.00634. The fourth-order valence-corrected chi connectivity index (χ4v) is 1.66. The molecule has 0 aromatic heterocycles. The molecule has 0 fully saturated rings. The summed E-state index contributed by atoms with van der Waals surface area (Å²) in [7, 11) is -4.46. The van der Waals surface area contributed by atoms with E-state index in [2.05, 4.69) is 0 Å². The molecule has 0 rings (SSSR count). The second-order valence-corrected chi connectivity index (χ2v) is 4.03. The summed E-state index contributed by atoms with van der Waals surface area (Å²) in [5.74, 6) is 0. The van der Waals surface area contributed by atoms with Crippen molar-refractivity contribution in [2.75, 3.05) is 4.43 Å². The molecular weight excluding hydrogens is 282 g/mol. The zero-order chi connectivity index (χ0) is 7.49. The van der Waals surface area contributed by atoms with Crippen LogP contribution in [0.5, 0.6) is 0 Å². The molecule has 0 bridgehead atoms. The van der Waals surface area contributed by atoms with Gasteiger partial charge < -0.3 is 9.66 Å². The second-order valence-electron chi connectivity index (χ2n) is 1.43. The molecule has 7 heteroatoms. The average Bonchev–Trinajstić information content (AvgIpc) is 1.64. The third-order valence-electron chi connectivity index (χ3n) is 0.689. The molecule has 10 heavy (non-hydrogen) atoms. The molecular formula is C3H6INaO4S. The van der Waals surface area contributed by atoms with Gasteiger partial charge in [0.2, 0.25) is 0 Å². The van der Waals surface area contributed by atoms with Crippen LogP contribution in [0.25, 0.3) is 0 Å². The Morgan fingerprint density at radius 3 is 2.10 bits per heavy atom. The molecule has 1 N–H and O–H groups in total. The van der Waals surface area contributed by atoms with Crippen molar-refractivity contribution in [1.82, 2.24) is 0 Å². The fraction of sp³-hybridized carbons (Fsp3) is 1.00. The summed E-state index contributed by atoms with van der Waals surface area (Å²) in [5.41, 5.74) is -1.73. The van der Waals surface area contributed by atoms with E-state index in [-0.39, 0.29) is 36.0 Å². The largest absolute Gasteiger partial charge is 1.00 e. The van der Waals surface area contributed by atoms with E-state index in [4.69, 9.17) is 5.11 Å². The minimum absolute atomic E-state index is 0. The van der Waals surface area contributed by atoms with Crippen LogP contribution in [0.15, 0.2) is 0 Å². The molecule has 0 saturated heterocycles. The second kappa shape index (κ2) is 6.15. The van der Waals surface area contributed by atoms with E-state index in [1.54, 1.807) is 0 Å². The van der Waals surface area contributed by atoms with E-state index in [1.165, 1.54) is 0 Å². The topological polar surface area (TPSA) is 77.4 Å². The van der Waals surface area contributed by atoms with Crippen molar-refractivity contribution in [3.63, 3.8) is 0 Å². The van der Waals surface area contributed by atoms with Crippen molar-refractivity contribution in [3.05, 3.63) is 0 Å². The summed E-state index contributed by atoms with van der Waals surface area (Å²) >= 11 is 1.88. The molecule has 1 unspecified atom stereocenters. The number of hydrogen-bond donors (Lipinski definition) is 1. The van der Waals surface area contributed by atoms with Crippen LogP contribution in [0.4, 0.5) is 0 Å². The standard InChI is InChI=1S/C3H7IO4S.Na/c4-2-1-3(5)9(6,7)8;/h3,5H,1-2H2,(H,6,7,8);/q;+1/p-1. The summed E-state index contributed by atoms with van der Waals surface area (Å²) in [6.45, 7) is 0. The Hall–Kier alpha value is 1.60. The first-order valence-corrected chi connectivity index (χ1v) is 5.17. The molecule has 0 radical (unpaired) electrons. The van der Waals surface area contributed by atoms with Gasteiger partial charge in [0, 0.05) is 4.43 Å². The molecule has 1 atom stereocenters. The maximum Gasteiger partial charge on any atom is 1.00 e. The van der Waals surface area contributed by atoms with E-state index in [1.807, 2.05) is 22.6 Å². The number of halogens is 1. The zero-order valence-electron chi connectivity index (χ0n) is 5.45. The monoisotopic (exact) mass is 288 g/mol. The quantitative estimate of drug-likeness (QED) is 0.255. The van der Waals surface area contributed by atoms with Crippen LogP contribution >= 0.6 is 22.6 Å². The predicted molar refractivity (Wildman–Crippen MR) is 39.2 cm³/mol. The van der Waals surface area contributed by atoms with Gasteiger partial charge >= 0.3 is 29.6 Å². The third kappa shape index (κ3) is 6.32. The van der Waals surface area contributed by atoms with Gasteiger partial charge in [-0.05, 0) is 6.42 Å². The van der Waals surface area contributed by atoms with Crippen molar-refractivity contribution in [2.24, 2.45) is 0 Å². The van der Waals surface area contributed by atoms with Gasteiger partial charge in [0.05, 0.1) is 0 Å². The van der Waals surface area contributed by atoms with Crippen LogP contribution < -0.4 is 29.6 Å². The van der Waals surface area contributed by atoms with Gasteiger partial charge in [-0.3, -0.25) is 0 Å². The van der Waals surface area contributed by atoms with E-state index in [9.17, 15) is 13.0 Å². The first-order valence-electron chi connectivity index (χ1n) is 2.17. The van der Waals surface area contributed by atoms with Gasteiger partial charge in [0.25, 0.3) is 0 Å². The van der Waals surface area contributed by atoms with Crippen LogP contribution in [0.1, 0.15) is 6.42 Å². The molecule has 0 heterocycles. The van der Waals surface area contributed by atoms with Gasteiger partial charge in [0.15, 0.2) is 0 Å². The summed E-state index contributed by atoms with van der Waals surface area (Å²) in [5, 5.41) is 8.48. The summed E-state index contributed by atoms with van der Waals surface area (Å²) in [6, 6.07) is 0. The fourth-order valence-electron chi connectivity index (χ4n) is 0.238. The molecule has 0 spiro atoms. The van der Waals surface area contributed by atoms with E-state index >= 15 is 0 Å². The predicted octanol–water partition coefficient (Wildman–Crippen LogP) is -3.32. The first kappa shape index (κ1) is 14.1. The van der Waals surface area contributed by atoms with Gasteiger partial charge in [-0.25, -0.2) is 8.42 Å². The molecule has 4 nitrogen and oxygen atoms in total. The Labute approximate surface area is 95.6 Å². The number of aliphatic hydroxyl groups excluding tert-OH is 1. The van der Waals surface area contributed by atoms with Gasteiger partial charge in [0.1, 0.15) is 15.6 Å². The van der Waals surface area contributed by atoms with Crippen molar-refractivity contribution in [2.45, 2.75) is 11.9 Å². The van der Waals surface area contributed by atoms with Gasteiger partial charge in [-0.2, -0.15) is 0 Å². The van der Waals surface area contributed by atoms with Crippen molar-refractivity contribution in [1.29, 1.82) is 0 Å². The van der Waals surface area contributed by atoms with Crippen LogP contribution in [-0.2, 0) is 10.1 Å². The zero-order valence-corrected chi connectivity index (χ0v) is 10.4. The van der Waals surface area contributed by atoms with Crippen LogP contribution in [0.2, 0.25) is 0 Å². The average molecular weight is 288 g/mol. The Morgan fingerprint density at radius 2 is 2.00 bits per heavy atom. The van der Waals surface area contributed by atoms with Crippen LogP contribution in [-0.4, -0.2) is 27.9 Å². The minimum Gasteiger partial charge on any atom is -0.746 e. The third-order valence-corrected chi connectivity index (χ3v) is 2.21. The molecule has 0 amide bonds. The molecule has 0 aliphatic heterocycles. The molecule has 0 aromatic carbocycles. The van der Waals surface area contributed by atoms with E-state index in [0.29, 0.717) is 4.43 Å². The first-order chi connectivity index (χ1) is 3.98. The van der Waals surface area contributed by atoms with Gasteiger partial charge in [-0.15, -0.1) is 0 Å². The van der Waals surface area contributed by atoms with E-state index < -0.39 is 15.6 Å². The van der Waals surface area contributed by atoms with Crippen molar-refractivity contribution >= 4 is 32.7 Å². The summed E-state index contributed by atoms with van der Waals surface area (Å²) < 4.78 is 30.2. The van der Waals surface area contributed by atoms with Gasteiger partial charge in [-0.1, -0.05) is 22.6 Å². The Kier molecular flexibility index (Phi) is 8.70. The number of aliphatic hydroxyl groups is 1. The van der Waals surface area contributed by atoms with Crippen LogP contribution in [0.3, 0.4) is 0 Å². The smallest absolute Gasteiger partial charge is 0.746 e. The molecule has 0 aromatic rings. The molecule has 0 aliphatic rings. The molecule has 56 valence electrons. The normalized spacial score (nSPS) is 13.9. The Bertz CT molecular complexity index is 167. The molecule has 0 saturated carbocycles.